The molecule has 1 fully saturated rings. The van der Waals surface area contributed by atoms with Crippen LogP contribution in [-0.2, 0) is 4.79 Å². The summed E-state index contributed by atoms with van der Waals surface area (Å²) in [4.78, 5) is 14.2. The summed E-state index contributed by atoms with van der Waals surface area (Å²) < 4.78 is 5.31. The van der Waals surface area contributed by atoms with Gasteiger partial charge in [0.25, 0.3) is 5.91 Å². The second-order valence-corrected chi connectivity index (χ2v) is 5.60. The Labute approximate surface area is 140 Å². The first-order chi connectivity index (χ1) is 11.1. The first-order valence-corrected chi connectivity index (χ1v) is 7.58. The molecule has 2 aromatic carbocycles. The molecule has 4 nitrogen and oxygen atoms in total. The highest BCUT2D eigenvalue weighted by molar-refractivity contribution is 7.80. The molecule has 0 aliphatic carbocycles. The molecule has 1 aliphatic heterocycles. The van der Waals surface area contributed by atoms with Crippen molar-refractivity contribution < 1.29 is 9.53 Å². The third-order valence-electron chi connectivity index (χ3n) is 3.58. The highest BCUT2D eigenvalue weighted by Gasteiger charge is 2.32. The molecular weight excluding hydrogens is 308 g/mol. The minimum atomic E-state index is -0.175. The van der Waals surface area contributed by atoms with E-state index in [4.69, 9.17) is 17.0 Å². The van der Waals surface area contributed by atoms with E-state index < -0.39 is 0 Å². The number of benzene rings is 2. The number of thiocarbonyl (C=S) groups is 1. The standard InChI is InChI=1S/C18H16N2O2S/c1-12-6-5-8-14(10-12)20-17(21)15(19-18(20)23)11-13-7-3-4-9-16(13)22-2/h3-11H,1-2H3,(H,19,23)/b15-11+. The van der Waals surface area contributed by atoms with E-state index in [-0.39, 0.29) is 5.91 Å². The molecule has 0 spiro atoms. The number of carbonyl (C=O) groups excluding carboxylic acids is 1. The van der Waals surface area contributed by atoms with E-state index in [1.807, 2.05) is 55.5 Å². The number of hydrogen-bond donors (Lipinski definition) is 1. The normalized spacial score (nSPS) is 15.9. The van der Waals surface area contributed by atoms with Crippen molar-refractivity contribution in [1.29, 1.82) is 0 Å². The number of nitrogens with one attached hydrogen (secondary N) is 1. The molecule has 1 N–H and O–H groups in total. The van der Waals surface area contributed by atoms with Gasteiger partial charge in [-0.1, -0.05) is 30.3 Å². The van der Waals surface area contributed by atoms with Crippen LogP contribution >= 0.6 is 12.2 Å². The maximum absolute atomic E-state index is 12.7. The Hall–Kier alpha value is -2.66. The second-order valence-electron chi connectivity index (χ2n) is 5.21. The Bertz CT molecular complexity index is 814. The summed E-state index contributed by atoms with van der Waals surface area (Å²) in [6.07, 6.45) is 1.75. The van der Waals surface area contributed by atoms with Crippen molar-refractivity contribution in [2.45, 2.75) is 6.92 Å². The van der Waals surface area contributed by atoms with Crippen LogP contribution in [0.3, 0.4) is 0 Å². The van der Waals surface area contributed by atoms with Gasteiger partial charge in [-0.25, -0.2) is 0 Å². The van der Waals surface area contributed by atoms with Gasteiger partial charge in [-0.3, -0.25) is 9.69 Å². The van der Waals surface area contributed by atoms with Gasteiger partial charge in [0.2, 0.25) is 0 Å². The third-order valence-corrected chi connectivity index (χ3v) is 3.86. The van der Waals surface area contributed by atoms with Crippen molar-refractivity contribution in [3.63, 3.8) is 0 Å². The zero-order valence-electron chi connectivity index (χ0n) is 12.9. The summed E-state index contributed by atoms with van der Waals surface area (Å²) >= 11 is 5.32. The molecule has 1 aliphatic rings. The summed E-state index contributed by atoms with van der Waals surface area (Å²) in [6, 6.07) is 15.2. The van der Waals surface area contributed by atoms with Crippen LogP contribution in [0.25, 0.3) is 6.08 Å². The zero-order chi connectivity index (χ0) is 16.4. The first-order valence-electron chi connectivity index (χ1n) is 7.17. The molecule has 0 radical (unpaired) electrons. The Morgan fingerprint density at radius 3 is 2.70 bits per heavy atom. The van der Waals surface area contributed by atoms with Gasteiger partial charge in [-0.05, 0) is 49.0 Å². The number of carbonyl (C=O) groups is 1. The number of para-hydroxylation sites is 1. The van der Waals surface area contributed by atoms with Gasteiger partial charge < -0.3 is 10.1 Å². The van der Waals surface area contributed by atoms with E-state index in [0.717, 1.165) is 16.8 Å². The van der Waals surface area contributed by atoms with Crippen molar-refractivity contribution in [2.75, 3.05) is 12.0 Å². The van der Waals surface area contributed by atoms with Gasteiger partial charge >= 0.3 is 0 Å². The predicted octanol–water partition coefficient (Wildman–Crippen LogP) is 3.27. The number of anilines is 1. The first kappa shape index (κ1) is 15.2. The number of aryl methyl sites for hydroxylation is 1. The fourth-order valence-electron chi connectivity index (χ4n) is 2.48. The summed E-state index contributed by atoms with van der Waals surface area (Å²) in [6.45, 7) is 1.98. The highest BCUT2D eigenvalue weighted by atomic mass is 32.1. The third kappa shape index (κ3) is 2.96. The second kappa shape index (κ2) is 6.22. The lowest BCUT2D eigenvalue weighted by Gasteiger charge is -2.14. The van der Waals surface area contributed by atoms with Crippen molar-refractivity contribution in [3.05, 3.63) is 65.4 Å². The monoisotopic (exact) mass is 324 g/mol. The minimum absolute atomic E-state index is 0.175. The van der Waals surface area contributed by atoms with Crippen LogP contribution in [0, 0.1) is 6.92 Å². The van der Waals surface area contributed by atoms with Gasteiger partial charge in [0.15, 0.2) is 5.11 Å². The molecule has 1 heterocycles. The Kier molecular flexibility index (Phi) is 4.12. The molecule has 0 atom stereocenters. The molecule has 5 heteroatoms. The van der Waals surface area contributed by atoms with E-state index in [9.17, 15) is 4.79 Å². The van der Waals surface area contributed by atoms with Crippen LogP contribution in [0.2, 0.25) is 0 Å². The average Bonchev–Trinajstić information content (AvgIpc) is 2.82. The number of rotatable bonds is 3. The summed E-state index contributed by atoms with van der Waals surface area (Å²) in [7, 11) is 1.60. The lowest BCUT2D eigenvalue weighted by molar-refractivity contribution is -0.113. The lowest BCUT2D eigenvalue weighted by Crippen LogP contribution is -2.30. The van der Waals surface area contributed by atoms with Crippen molar-refractivity contribution in [3.8, 4) is 5.75 Å². The molecular formula is C18H16N2O2S. The Morgan fingerprint density at radius 2 is 1.96 bits per heavy atom. The van der Waals surface area contributed by atoms with E-state index in [1.165, 1.54) is 4.90 Å². The van der Waals surface area contributed by atoms with Crippen molar-refractivity contribution in [1.82, 2.24) is 5.32 Å². The van der Waals surface area contributed by atoms with E-state index in [1.54, 1.807) is 13.2 Å². The summed E-state index contributed by atoms with van der Waals surface area (Å²) in [5, 5.41) is 3.36. The summed E-state index contributed by atoms with van der Waals surface area (Å²) in [5.41, 5.74) is 3.08. The van der Waals surface area contributed by atoms with Crippen LogP contribution < -0.4 is 15.0 Å². The van der Waals surface area contributed by atoms with Crippen LogP contribution in [0.15, 0.2) is 54.2 Å². The van der Waals surface area contributed by atoms with Crippen molar-refractivity contribution >= 4 is 35.0 Å². The number of nitrogens with zero attached hydrogens (tertiary/aromatic N) is 1. The minimum Gasteiger partial charge on any atom is -0.496 e. The number of ether oxygens (including phenoxy) is 1. The van der Waals surface area contributed by atoms with Crippen LogP contribution in [-0.4, -0.2) is 18.1 Å². The smallest absolute Gasteiger partial charge is 0.281 e. The molecule has 0 unspecified atom stereocenters. The number of hydrogen-bond acceptors (Lipinski definition) is 3. The molecule has 23 heavy (non-hydrogen) atoms. The molecule has 0 aromatic heterocycles. The van der Waals surface area contributed by atoms with Gasteiger partial charge in [-0.15, -0.1) is 0 Å². The van der Waals surface area contributed by atoms with Gasteiger partial charge in [0.05, 0.1) is 12.8 Å². The van der Waals surface area contributed by atoms with Crippen LogP contribution in [0.5, 0.6) is 5.75 Å². The molecule has 0 bridgehead atoms. The topological polar surface area (TPSA) is 41.6 Å². The number of methoxy groups -OCH3 is 1. The molecule has 1 saturated heterocycles. The fraction of sp³-hybridized carbons (Fsp3) is 0.111. The quantitative estimate of drug-likeness (QED) is 0.695. The van der Waals surface area contributed by atoms with Gasteiger partial charge in [-0.2, -0.15) is 0 Å². The van der Waals surface area contributed by atoms with E-state index in [0.29, 0.717) is 16.6 Å². The van der Waals surface area contributed by atoms with Gasteiger partial charge in [0, 0.05) is 5.56 Å². The summed E-state index contributed by atoms with van der Waals surface area (Å²) in [5.74, 6) is 0.529. The van der Waals surface area contributed by atoms with Crippen molar-refractivity contribution in [2.24, 2.45) is 0 Å². The SMILES string of the molecule is COc1ccccc1/C=C1/NC(=S)N(c2cccc(C)c2)C1=O. The fourth-order valence-corrected chi connectivity index (χ4v) is 2.78. The predicted molar refractivity (Wildman–Crippen MR) is 95.4 cm³/mol. The maximum Gasteiger partial charge on any atom is 0.281 e. The van der Waals surface area contributed by atoms with Crippen LogP contribution in [0.1, 0.15) is 11.1 Å². The molecule has 1 amide bonds. The van der Waals surface area contributed by atoms with E-state index >= 15 is 0 Å². The molecule has 3 rings (SSSR count). The Morgan fingerprint density at radius 1 is 1.17 bits per heavy atom. The lowest BCUT2D eigenvalue weighted by atomic mass is 10.1. The largest absolute Gasteiger partial charge is 0.496 e. The zero-order valence-corrected chi connectivity index (χ0v) is 13.7. The molecule has 2 aromatic rings. The van der Waals surface area contributed by atoms with Crippen LogP contribution in [0.4, 0.5) is 5.69 Å². The Balaban J connectivity index is 1.97. The number of amides is 1. The molecule has 116 valence electrons. The van der Waals surface area contributed by atoms with E-state index in [2.05, 4.69) is 5.32 Å². The molecule has 0 saturated carbocycles. The van der Waals surface area contributed by atoms with Gasteiger partial charge in [0.1, 0.15) is 11.4 Å². The maximum atomic E-state index is 12.7. The average molecular weight is 324 g/mol. The highest BCUT2D eigenvalue weighted by Crippen LogP contribution is 2.25.